The van der Waals surface area contributed by atoms with E-state index in [9.17, 15) is 0 Å². The van der Waals surface area contributed by atoms with E-state index in [0.29, 0.717) is 19.3 Å². The van der Waals surface area contributed by atoms with Crippen molar-refractivity contribution < 1.29 is 9.47 Å². The third-order valence-electron chi connectivity index (χ3n) is 3.59. The number of benzene rings is 1. The first-order chi connectivity index (χ1) is 10.1. The monoisotopic (exact) mass is 294 g/mol. The van der Waals surface area contributed by atoms with Gasteiger partial charge in [0.25, 0.3) is 0 Å². The minimum absolute atomic E-state index is 0.313. The number of ether oxygens (including phenoxy) is 2. The molecular formula is C17H30N2O2. The zero-order valence-corrected chi connectivity index (χ0v) is 14.1. The van der Waals surface area contributed by atoms with Crippen molar-refractivity contribution in [3.8, 4) is 0 Å². The molecule has 0 aliphatic carbocycles. The van der Waals surface area contributed by atoms with E-state index in [0.717, 1.165) is 19.6 Å². The fourth-order valence-electron chi connectivity index (χ4n) is 2.49. The summed E-state index contributed by atoms with van der Waals surface area (Å²) in [4.78, 5) is 2.37. The van der Waals surface area contributed by atoms with Gasteiger partial charge in [0.15, 0.2) is 0 Å². The SMILES string of the molecule is CCNCc1cc(C)ccc1N(CCOC)C(C)COC. The number of nitrogens with zero attached hydrogens (tertiary/aromatic N) is 1. The molecule has 0 spiro atoms. The lowest BCUT2D eigenvalue weighted by molar-refractivity contribution is 0.171. The molecule has 4 nitrogen and oxygen atoms in total. The molecule has 0 aliphatic rings. The Hall–Kier alpha value is -1.10. The average Bonchev–Trinajstić information content (AvgIpc) is 2.47. The second kappa shape index (κ2) is 9.77. The first-order valence-corrected chi connectivity index (χ1v) is 7.68. The number of rotatable bonds is 10. The van der Waals surface area contributed by atoms with Gasteiger partial charge in [0.1, 0.15) is 0 Å². The van der Waals surface area contributed by atoms with Crippen LogP contribution in [0, 0.1) is 6.92 Å². The van der Waals surface area contributed by atoms with Crippen LogP contribution in [0.5, 0.6) is 0 Å². The van der Waals surface area contributed by atoms with E-state index in [-0.39, 0.29) is 0 Å². The second-order valence-electron chi connectivity index (χ2n) is 5.40. The van der Waals surface area contributed by atoms with Crippen LogP contribution in [0.1, 0.15) is 25.0 Å². The molecule has 120 valence electrons. The predicted molar refractivity (Wildman–Crippen MR) is 89.1 cm³/mol. The lowest BCUT2D eigenvalue weighted by atomic mass is 10.1. The first kappa shape index (κ1) is 18.0. The van der Waals surface area contributed by atoms with Crippen molar-refractivity contribution in [2.75, 3.05) is 45.4 Å². The topological polar surface area (TPSA) is 33.7 Å². The predicted octanol–water partition coefficient (Wildman–Crippen LogP) is 2.59. The van der Waals surface area contributed by atoms with E-state index < -0.39 is 0 Å². The Labute approximate surface area is 129 Å². The van der Waals surface area contributed by atoms with Gasteiger partial charge in [0, 0.05) is 39.0 Å². The van der Waals surface area contributed by atoms with Crippen LogP contribution in [0.15, 0.2) is 18.2 Å². The molecule has 0 bridgehead atoms. The van der Waals surface area contributed by atoms with Gasteiger partial charge in [-0.1, -0.05) is 24.6 Å². The Morgan fingerprint density at radius 3 is 2.62 bits per heavy atom. The molecule has 1 rings (SSSR count). The molecule has 1 unspecified atom stereocenters. The highest BCUT2D eigenvalue weighted by Gasteiger charge is 2.17. The zero-order valence-electron chi connectivity index (χ0n) is 14.1. The fraction of sp³-hybridized carbons (Fsp3) is 0.647. The molecule has 0 heterocycles. The van der Waals surface area contributed by atoms with Crippen LogP contribution in [0.2, 0.25) is 0 Å². The number of methoxy groups -OCH3 is 2. The highest BCUT2D eigenvalue weighted by atomic mass is 16.5. The molecule has 0 saturated carbocycles. The fourth-order valence-corrected chi connectivity index (χ4v) is 2.49. The lowest BCUT2D eigenvalue weighted by Gasteiger charge is -2.33. The van der Waals surface area contributed by atoms with Gasteiger partial charge in [-0.15, -0.1) is 0 Å². The van der Waals surface area contributed by atoms with Gasteiger partial charge in [-0.25, -0.2) is 0 Å². The molecule has 0 amide bonds. The molecule has 0 aliphatic heterocycles. The van der Waals surface area contributed by atoms with Gasteiger partial charge < -0.3 is 19.7 Å². The van der Waals surface area contributed by atoms with Gasteiger partial charge in [0.2, 0.25) is 0 Å². The first-order valence-electron chi connectivity index (χ1n) is 7.68. The minimum Gasteiger partial charge on any atom is -0.383 e. The summed E-state index contributed by atoms with van der Waals surface area (Å²) < 4.78 is 10.6. The van der Waals surface area contributed by atoms with Crippen LogP contribution >= 0.6 is 0 Å². The van der Waals surface area contributed by atoms with Crippen LogP contribution in [0.25, 0.3) is 0 Å². The van der Waals surface area contributed by atoms with Crippen molar-refractivity contribution in [2.45, 2.75) is 33.4 Å². The maximum Gasteiger partial charge on any atom is 0.0663 e. The number of hydrogen-bond acceptors (Lipinski definition) is 4. The Kier molecular flexibility index (Phi) is 8.35. The third kappa shape index (κ3) is 5.65. The molecule has 21 heavy (non-hydrogen) atoms. The Bertz CT molecular complexity index is 410. The molecule has 1 aromatic rings. The van der Waals surface area contributed by atoms with E-state index >= 15 is 0 Å². The van der Waals surface area contributed by atoms with Crippen LogP contribution in [-0.4, -0.2) is 46.6 Å². The quantitative estimate of drug-likeness (QED) is 0.719. The second-order valence-corrected chi connectivity index (χ2v) is 5.40. The largest absolute Gasteiger partial charge is 0.383 e. The van der Waals surface area contributed by atoms with Gasteiger partial charge in [0.05, 0.1) is 13.2 Å². The van der Waals surface area contributed by atoms with Crippen LogP contribution in [-0.2, 0) is 16.0 Å². The highest BCUT2D eigenvalue weighted by Crippen LogP contribution is 2.24. The third-order valence-corrected chi connectivity index (χ3v) is 3.59. The summed E-state index contributed by atoms with van der Waals surface area (Å²) in [5.74, 6) is 0. The van der Waals surface area contributed by atoms with E-state index in [4.69, 9.17) is 9.47 Å². The molecule has 4 heteroatoms. The molecule has 0 fully saturated rings. The average molecular weight is 294 g/mol. The summed E-state index contributed by atoms with van der Waals surface area (Å²) in [6.45, 7) is 10.6. The summed E-state index contributed by atoms with van der Waals surface area (Å²) in [6, 6.07) is 6.96. The van der Waals surface area contributed by atoms with Crippen molar-refractivity contribution in [3.63, 3.8) is 0 Å². The van der Waals surface area contributed by atoms with E-state index in [2.05, 4.69) is 49.2 Å². The maximum absolute atomic E-state index is 5.33. The van der Waals surface area contributed by atoms with Gasteiger partial charge in [-0.3, -0.25) is 0 Å². The van der Waals surface area contributed by atoms with Crippen LogP contribution in [0.3, 0.4) is 0 Å². The molecule has 1 atom stereocenters. The summed E-state index contributed by atoms with van der Waals surface area (Å²) >= 11 is 0. The van der Waals surface area contributed by atoms with Crippen LogP contribution < -0.4 is 10.2 Å². The standard InChI is InChI=1S/C17H30N2O2/c1-6-18-12-16-11-14(2)7-8-17(16)19(9-10-20-4)15(3)13-21-5/h7-8,11,15,18H,6,9-10,12-13H2,1-5H3. The van der Waals surface area contributed by atoms with E-state index in [1.165, 1.54) is 16.8 Å². The van der Waals surface area contributed by atoms with Crippen molar-refractivity contribution >= 4 is 5.69 Å². The van der Waals surface area contributed by atoms with Gasteiger partial charge in [-0.05, 0) is 32.0 Å². The normalized spacial score (nSPS) is 12.4. The molecule has 0 radical (unpaired) electrons. The highest BCUT2D eigenvalue weighted by molar-refractivity contribution is 5.55. The summed E-state index contributed by atoms with van der Waals surface area (Å²) in [5.41, 5.74) is 3.89. The smallest absolute Gasteiger partial charge is 0.0663 e. The van der Waals surface area contributed by atoms with Crippen molar-refractivity contribution in [2.24, 2.45) is 0 Å². The molecular weight excluding hydrogens is 264 g/mol. The van der Waals surface area contributed by atoms with Crippen molar-refractivity contribution in [1.82, 2.24) is 5.32 Å². The summed E-state index contributed by atoms with van der Waals surface area (Å²) in [5, 5.41) is 3.42. The number of aryl methyl sites for hydroxylation is 1. The van der Waals surface area contributed by atoms with E-state index in [1.54, 1.807) is 14.2 Å². The summed E-state index contributed by atoms with van der Waals surface area (Å²) in [6.07, 6.45) is 0. The van der Waals surface area contributed by atoms with Crippen molar-refractivity contribution in [1.29, 1.82) is 0 Å². The Morgan fingerprint density at radius 2 is 2.00 bits per heavy atom. The number of anilines is 1. The maximum atomic E-state index is 5.33. The molecule has 1 aromatic carbocycles. The molecule has 0 saturated heterocycles. The van der Waals surface area contributed by atoms with Crippen LogP contribution in [0.4, 0.5) is 5.69 Å². The van der Waals surface area contributed by atoms with Crippen molar-refractivity contribution in [3.05, 3.63) is 29.3 Å². The molecule has 1 N–H and O–H groups in total. The number of nitrogens with one attached hydrogen (secondary N) is 1. The van der Waals surface area contributed by atoms with E-state index in [1.807, 2.05) is 0 Å². The lowest BCUT2D eigenvalue weighted by Crippen LogP contribution is -2.39. The summed E-state index contributed by atoms with van der Waals surface area (Å²) in [7, 11) is 3.49. The minimum atomic E-state index is 0.313. The number of hydrogen-bond donors (Lipinski definition) is 1. The van der Waals surface area contributed by atoms with Gasteiger partial charge >= 0.3 is 0 Å². The Morgan fingerprint density at radius 1 is 1.24 bits per heavy atom. The Balaban J connectivity index is 3.03. The zero-order chi connectivity index (χ0) is 15.7. The molecule has 0 aromatic heterocycles. The van der Waals surface area contributed by atoms with Gasteiger partial charge in [-0.2, -0.15) is 0 Å².